The lowest BCUT2D eigenvalue weighted by Crippen LogP contribution is -2.46. The number of amides is 5. The number of nitrogen functional groups attached to an aromatic ring is 1. The molecule has 0 spiro atoms. The van der Waals surface area contributed by atoms with E-state index in [1.54, 1.807) is 45.3 Å². The Morgan fingerprint density at radius 3 is 1.27 bits per heavy atom. The Kier molecular flexibility index (Phi) is 20.8. The molecule has 2 aliphatic heterocycles. The van der Waals surface area contributed by atoms with Gasteiger partial charge in [-0.05, 0) is 154 Å². The van der Waals surface area contributed by atoms with Crippen LogP contribution in [0.4, 0.5) is 50.8 Å². The SMILES string of the molecule is Cc1[nH]c2ccccc2c1CC(=O)N1CCC(N(c2ccccc2)c2ncc(C(=O)Nc3cc(-c4ccccc4)ccc3N)cn2)CC1.Cc1[nH]c2ccccc2c1CC(=O)N1CCC(N(c2ccccc2)c2ncc(C(=O)Nc3cc(-c4ccccc4)ccc3NC(=O)OC(C)(C)C)cn2)CC1. The molecule has 20 nitrogen and oxygen atoms in total. The van der Waals surface area contributed by atoms with Gasteiger partial charge in [0.15, 0.2) is 0 Å². The average molecular weight is 1370 g/mol. The van der Waals surface area contributed by atoms with E-state index in [9.17, 15) is 24.0 Å². The first-order valence-corrected chi connectivity index (χ1v) is 34.7. The molecule has 0 bridgehead atoms. The van der Waals surface area contributed by atoms with Gasteiger partial charge in [-0.2, -0.15) is 0 Å². The van der Waals surface area contributed by atoms with Crippen LogP contribution in [-0.2, 0) is 27.2 Å². The fourth-order valence-corrected chi connectivity index (χ4v) is 13.5. The maximum absolute atomic E-state index is 13.7. The van der Waals surface area contributed by atoms with Crippen LogP contribution in [0.15, 0.2) is 231 Å². The van der Waals surface area contributed by atoms with E-state index in [4.69, 9.17) is 20.4 Å². The van der Waals surface area contributed by atoms with Crippen molar-refractivity contribution in [2.24, 2.45) is 0 Å². The number of nitrogens with zero attached hydrogens (tertiary/aromatic N) is 8. The van der Waals surface area contributed by atoms with Crippen LogP contribution in [0.1, 0.15) is 89.7 Å². The van der Waals surface area contributed by atoms with Crippen molar-refractivity contribution in [3.63, 3.8) is 0 Å². The number of fused-ring (bicyclic) bond motifs is 2. The second-order valence-corrected chi connectivity index (χ2v) is 26.9. The number of H-pyrrole nitrogens is 2. The van der Waals surface area contributed by atoms with Gasteiger partial charge in [-0.3, -0.25) is 24.5 Å². The minimum absolute atomic E-state index is 0.0307. The molecule has 12 aromatic rings. The summed E-state index contributed by atoms with van der Waals surface area (Å²) >= 11 is 0. The first-order valence-electron chi connectivity index (χ1n) is 34.7. The molecule has 14 rings (SSSR count). The third-order valence-corrected chi connectivity index (χ3v) is 18.8. The molecule has 0 unspecified atom stereocenters. The lowest BCUT2D eigenvalue weighted by Gasteiger charge is -2.38. The number of para-hydroxylation sites is 4. The molecule has 2 aliphatic rings. The highest BCUT2D eigenvalue weighted by Crippen LogP contribution is 2.36. The van der Waals surface area contributed by atoms with E-state index in [1.807, 2.05) is 206 Å². The number of benzene rings is 8. The molecule has 7 N–H and O–H groups in total. The van der Waals surface area contributed by atoms with Gasteiger partial charge in [-0.1, -0.05) is 146 Å². The Bertz CT molecular complexity index is 4970. The molecule has 0 aliphatic carbocycles. The van der Waals surface area contributed by atoms with Crippen LogP contribution in [0.25, 0.3) is 44.1 Å². The molecule has 5 amide bonds. The number of aromatic nitrogens is 6. The van der Waals surface area contributed by atoms with Gasteiger partial charge in [-0.15, -0.1) is 0 Å². The van der Waals surface area contributed by atoms with E-state index in [0.29, 0.717) is 79.2 Å². The van der Waals surface area contributed by atoms with Crippen molar-refractivity contribution >= 4 is 97.5 Å². The molecular formula is C83H82N14O6. The zero-order chi connectivity index (χ0) is 71.6. The number of aromatic amines is 2. The maximum atomic E-state index is 13.7. The van der Waals surface area contributed by atoms with Crippen LogP contribution in [0.5, 0.6) is 0 Å². The largest absolute Gasteiger partial charge is 0.444 e. The van der Waals surface area contributed by atoms with Gasteiger partial charge >= 0.3 is 6.09 Å². The van der Waals surface area contributed by atoms with Crippen molar-refractivity contribution in [2.45, 2.75) is 90.8 Å². The normalized spacial score (nSPS) is 13.4. The second-order valence-electron chi connectivity index (χ2n) is 26.9. The predicted molar refractivity (Wildman–Crippen MR) is 408 cm³/mol. The Hall–Kier alpha value is -12.5. The molecule has 0 saturated carbocycles. The van der Waals surface area contributed by atoms with Crippen molar-refractivity contribution in [1.29, 1.82) is 0 Å². The third kappa shape index (κ3) is 16.4. The van der Waals surface area contributed by atoms with E-state index in [1.165, 1.54) is 12.4 Å². The number of nitrogens with two attached hydrogens (primary N) is 1. The first kappa shape index (κ1) is 69.0. The van der Waals surface area contributed by atoms with Crippen LogP contribution >= 0.6 is 0 Å². The van der Waals surface area contributed by atoms with E-state index in [2.05, 4.69) is 57.8 Å². The van der Waals surface area contributed by atoms with Crippen LogP contribution < -0.4 is 31.5 Å². The Labute approximate surface area is 598 Å². The third-order valence-electron chi connectivity index (χ3n) is 18.8. The molecule has 20 heteroatoms. The summed E-state index contributed by atoms with van der Waals surface area (Å²) in [5, 5.41) is 10.8. The summed E-state index contributed by atoms with van der Waals surface area (Å²) in [6.07, 6.45) is 9.18. The fourth-order valence-electron chi connectivity index (χ4n) is 13.5. The summed E-state index contributed by atoms with van der Waals surface area (Å²) in [6, 6.07) is 67.0. The van der Waals surface area contributed by atoms with E-state index in [0.717, 1.165) is 104 Å². The van der Waals surface area contributed by atoms with Gasteiger partial charge in [0.1, 0.15) is 5.60 Å². The van der Waals surface area contributed by atoms with Gasteiger partial charge < -0.3 is 50.7 Å². The summed E-state index contributed by atoms with van der Waals surface area (Å²) in [7, 11) is 0. The monoisotopic (exact) mass is 1370 g/mol. The van der Waals surface area contributed by atoms with Gasteiger partial charge in [0.25, 0.3) is 11.8 Å². The number of ether oxygens (including phenoxy) is 1. The number of anilines is 8. The number of piperidine rings is 2. The zero-order valence-electron chi connectivity index (χ0n) is 58.3. The molecule has 4 aromatic heterocycles. The molecule has 8 aromatic carbocycles. The number of aryl methyl sites for hydroxylation is 2. The molecule has 6 heterocycles. The summed E-state index contributed by atoms with van der Waals surface area (Å²) in [6.45, 7) is 11.9. The minimum Gasteiger partial charge on any atom is -0.444 e. The number of carbonyl (C=O) groups is 5. The van der Waals surface area contributed by atoms with E-state index < -0.39 is 17.6 Å². The van der Waals surface area contributed by atoms with Crippen molar-refractivity contribution in [2.75, 3.05) is 57.7 Å². The number of rotatable bonds is 17. The minimum atomic E-state index is -0.698. The molecule has 0 atom stereocenters. The molecule has 2 fully saturated rings. The Balaban J connectivity index is 0.000000185. The quantitative estimate of drug-likeness (QED) is 0.0465. The second kappa shape index (κ2) is 31.0. The van der Waals surface area contributed by atoms with Gasteiger partial charge in [-0.25, -0.2) is 24.7 Å². The molecule has 2 saturated heterocycles. The van der Waals surface area contributed by atoms with Gasteiger partial charge in [0.05, 0.1) is 46.7 Å². The van der Waals surface area contributed by atoms with Crippen molar-refractivity contribution in [3.05, 3.63) is 265 Å². The highest BCUT2D eigenvalue weighted by Gasteiger charge is 2.33. The Morgan fingerprint density at radius 2 is 0.845 bits per heavy atom. The Morgan fingerprint density at radius 1 is 0.466 bits per heavy atom. The van der Waals surface area contributed by atoms with Crippen molar-refractivity contribution in [1.82, 2.24) is 39.7 Å². The topological polar surface area (TPSA) is 253 Å². The number of nitrogens with one attached hydrogen (secondary N) is 5. The van der Waals surface area contributed by atoms with E-state index in [-0.39, 0.29) is 35.4 Å². The lowest BCUT2D eigenvalue weighted by molar-refractivity contribution is -0.132. The average Bonchev–Trinajstić information content (AvgIpc) is 1.45. The number of carbonyl (C=O) groups excluding carboxylic acids is 5. The molecule has 520 valence electrons. The predicted octanol–water partition coefficient (Wildman–Crippen LogP) is 16.0. The number of hydrogen-bond acceptors (Lipinski definition) is 13. The van der Waals surface area contributed by atoms with Gasteiger partial charge in [0, 0.05) is 108 Å². The number of hydrogen-bond donors (Lipinski definition) is 6. The molecular weight excluding hydrogens is 1290 g/mol. The van der Waals surface area contributed by atoms with Crippen molar-refractivity contribution in [3.8, 4) is 22.3 Å². The first-order chi connectivity index (χ1) is 50.0. The standard InChI is InChI=1S/C44H45N7O4.C39H37N7O2/c1-29-36(35-17-11-12-18-37(35)47-29)26-40(52)50-23-21-34(22-24-50)51(33-15-9-6-10-16-33)42-45-27-32(28-46-42)41(53)48-39-25-31(30-13-7-5-8-14-30)19-20-38(39)49-43(54)55-44(2,3)4;1-26-33(32-14-8-9-15-35(32)43-26)23-37(47)45-20-18-31(19-21-45)46(30-12-6-3-7-13-30)39-41-24-29(25-42-39)38(48)44-36-22-28(16-17-34(36)40)27-10-4-2-5-11-27/h5-20,25,27-28,34,47H,21-24,26H2,1-4H3,(H,48,53)(H,49,54);2-17,22,24-25,31,43H,18-21,23,40H2,1H3,(H,44,48). The highest BCUT2D eigenvalue weighted by atomic mass is 16.6. The maximum Gasteiger partial charge on any atom is 0.412 e. The summed E-state index contributed by atoms with van der Waals surface area (Å²) < 4.78 is 5.47. The van der Waals surface area contributed by atoms with Crippen molar-refractivity contribution < 1.29 is 28.7 Å². The number of likely N-dealkylation sites (tertiary alicyclic amines) is 2. The highest BCUT2D eigenvalue weighted by molar-refractivity contribution is 6.08. The summed E-state index contributed by atoms with van der Waals surface area (Å²) in [4.78, 5) is 100. The van der Waals surface area contributed by atoms with E-state index >= 15 is 0 Å². The molecule has 103 heavy (non-hydrogen) atoms. The van der Waals surface area contributed by atoms with Crippen LogP contribution in [0.2, 0.25) is 0 Å². The molecule has 0 radical (unpaired) electrons. The van der Waals surface area contributed by atoms with Crippen LogP contribution in [-0.4, -0.2) is 113 Å². The fraction of sp³-hybridized carbons (Fsp3) is 0.217. The van der Waals surface area contributed by atoms with Gasteiger partial charge in [0.2, 0.25) is 23.7 Å². The zero-order valence-corrected chi connectivity index (χ0v) is 58.3. The smallest absolute Gasteiger partial charge is 0.412 e. The summed E-state index contributed by atoms with van der Waals surface area (Å²) in [5.74, 6) is 0.425. The van der Waals surface area contributed by atoms with Crippen LogP contribution in [0, 0.1) is 13.8 Å². The lowest BCUT2D eigenvalue weighted by atomic mass is 10.0. The van der Waals surface area contributed by atoms with Crippen LogP contribution in [0.3, 0.4) is 0 Å². The summed E-state index contributed by atoms with van der Waals surface area (Å²) in [5.41, 5.74) is 19.8.